The number of hydrogen-bond donors (Lipinski definition) is 6. The second-order valence-corrected chi connectivity index (χ2v) is 12.0. The van der Waals surface area contributed by atoms with Crippen molar-refractivity contribution >= 4 is 34.4 Å². The number of nitrogens with one attached hydrogen (secondary N) is 5. The van der Waals surface area contributed by atoms with Crippen LogP contribution in [0.2, 0.25) is 1.41 Å². The number of hydrogen-bond acceptors (Lipinski definition) is 7. The van der Waals surface area contributed by atoms with E-state index in [2.05, 4.69) is 30.9 Å². The van der Waals surface area contributed by atoms with Crippen LogP contribution in [0.3, 0.4) is 0 Å². The lowest BCUT2D eigenvalue weighted by atomic mass is 9.96. The molecule has 0 aliphatic carbocycles. The number of aromatic nitrogens is 3. The summed E-state index contributed by atoms with van der Waals surface area (Å²) >= 11 is 0. The number of rotatable bonds is 16. The molecule has 4 amide bonds. The highest BCUT2D eigenvalue weighted by atomic mass is 16.3. The Morgan fingerprint density at radius 2 is 1.68 bits per heavy atom. The van der Waals surface area contributed by atoms with Crippen molar-refractivity contribution in [2.24, 2.45) is 5.92 Å². The van der Waals surface area contributed by atoms with Crippen molar-refractivity contribution in [3.63, 3.8) is 0 Å². The highest BCUT2D eigenvalue weighted by Crippen LogP contribution is 2.20. The molecule has 2 heterocycles. The Morgan fingerprint density at radius 1 is 0.936 bits per heavy atom. The Labute approximate surface area is 275 Å². The van der Waals surface area contributed by atoms with Crippen LogP contribution in [0.5, 0.6) is 0 Å². The number of amides is 4. The van der Waals surface area contributed by atoms with E-state index in [1.54, 1.807) is 18.3 Å². The zero-order valence-corrected chi connectivity index (χ0v) is 26.8. The fourth-order valence-corrected chi connectivity index (χ4v) is 5.39. The fraction of sp³-hybridized carbons (Fsp3) is 0.371. The Kier molecular flexibility index (Phi) is 12.0. The molecule has 0 aliphatic heterocycles. The zero-order valence-electron chi connectivity index (χ0n) is 27.8. The smallest absolute Gasteiger partial charge is 0.243 e. The molecule has 0 spiro atoms. The van der Waals surface area contributed by atoms with Crippen LogP contribution in [0, 0.1) is 5.92 Å². The molecule has 12 nitrogen and oxygen atoms in total. The molecular weight excluding hydrogens is 598 g/mol. The van der Waals surface area contributed by atoms with Gasteiger partial charge in [-0.25, -0.2) is 4.98 Å². The average molecular weight is 643 g/mol. The van der Waals surface area contributed by atoms with E-state index in [1.807, 2.05) is 62.4 Å². The fourth-order valence-electron chi connectivity index (χ4n) is 5.39. The van der Waals surface area contributed by atoms with Gasteiger partial charge >= 0.3 is 0 Å². The first-order chi connectivity index (χ1) is 23.0. The molecule has 0 saturated carbocycles. The number of carbonyl (C=O) groups is 4. The molecule has 4 rings (SSSR count). The van der Waals surface area contributed by atoms with Crippen molar-refractivity contribution < 1.29 is 25.7 Å². The molecule has 6 N–H and O–H groups in total. The van der Waals surface area contributed by atoms with Crippen LogP contribution in [-0.2, 0) is 38.6 Å². The van der Waals surface area contributed by atoms with E-state index >= 15 is 0 Å². The summed E-state index contributed by atoms with van der Waals surface area (Å²) in [6, 6.07) is 15.4. The maximum atomic E-state index is 13.9. The van der Waals surface area contributed by atoms with Gasteiger partial charge in [-0.2, -0.15) is 0 Å². The highest BCUT2D eigenvalue weighted by Gasteiger charge is 2.31. The Hall–Kier alpha value is -5.10. The van der Waals surface area contributed by atoms with Gasteiger partial charge < -0.3 is 31.4 Å². The number of nitrogens with zero attached hydrogens (tertiary/aromatic N) is 2. The summed E-state index contributed by atoms with van der Waals surface area (Å²) in [5, 5.41) is 21.9. The van der Waals surface area contributed by atoms with Crippen molar-refractivity contribution in [3.8, 4) is 0 Å². The second-order valence-electron chi connectivity index (χ2n) is 12.0. The molecule has 0 fully saturated rings. The summed E-state index contributed by atoms with van der Waals surface area (Å²) in [6.07, 6.45) is 3.54. The van der Waals surface area contributed by atoms with E-state index in [-0.39, 0.29) is 31.7 Å². The van der Waals surface area contributed by atoms with E-state index in [9.17, 15) is 24.3 Å². The van der Waals surface area contributed by atoms with E-state index < -0.39 is 47.9 Å². The van der Waals surface area contributed by atoms with Gasteiger partial charge in [0.05, 0.1) is 37.1 Å². The first kappa shape index (κ1) is 33.3. The topological polar surface area (TPSA) is 178 Å². The molecule has 47 heavy (non-hydrogen) atoms. The predicted molar refractivity (Wildman–Crippen MR) is 178 cm³/mol. The van der Waals surface area contributed by atoms with E-state index in [1.165, 1.54) is 19.4 Å². The summed E-state index contributed by atoms with van der Waals surface area (Å²) in [6.45, 7) is 5.26. The summed E-state index contributed by atoms with van der Waals surface area (Å²) in [5.41, 5.74) is 1.99. The number of H-pyrrole nitrogens is 1. The molecule has 4 aromatic rings. The van der Waals surface area contributed by atoms with Crippen molar-refractivity contribution in [1.82, 2.24) is 36.2 Å². The van der Waals surface area contributed by atoms with Crippen LogP contribution in [0.15, 0.2) is 79.4 Å². The van der Waals surface area contributed by atoms with Crippen molar-refractivity contribution in [2.45, 2.75) is 77.2 Å². The summed E-state index contributed by atoms with van der Waals surface area (Å²) in [4.78, 5) is 63.9. The number of aromatic amines is 1. The van der Waals surface area contributed by atoms with Gasteiger partial charge in [0.25, 0.3) is 0 Å². The molecule has 0 radical (unpaired) electrons. The minimum absolute atomic E-state index is 0.0195. The van der Waals surface area contributed by atoms with E-state index in [0.717, 1.165) is 16.3 Å². The van der Waals surface area contributed by atoms with Crippen molar-refractivity contribution in [3.05, 3.63) is 96.3 Å². The molecule has 248 valence electrons. The van der Waals surface area contributed by atoms with Crippen LogP contribution in [0.1, 0.15) is 50.6 Å². The van der Waals surface area contributed by atoms with Gasteiger partial charge in [0, 0.05) is 37.9 Å². The quantitative estimate of drug-likeness (QED) is 0.109. The molecule has 4 atom stereocenters. The number of benzene rings is 2. The van der Waals surface area contributed by atoms with Gasteiger partial charge in [-0.3, -0.25) is 24.2 Å². The predicted octanol–water partition coefficient (Wildman–Crippen LogP) is 2.33. The number of imidazole rings is 1. The SMILES string of the molecule is [2H]N(C(C)=O)[C@@H](Cc1cccc2ccccc12)C(=O)N[C@@H](Cc1cnc[nH]1)C(=O)N[C@@H](CC(C)C)[C@@H](O)CC(=O)NCc1ccccn1. The Balaban J connectivity index is 1.51. The van der Waals surface area contributed by atoms with E-state index in [0.29, 0.717) is 23.1 Å². The molecule has 0 unspecified atom stereocenters. The number of aliphatic hydroxyl groups excluding tert-OH is 1. The number of pyridine rings is 1. The number of carbonyl (C=O) groups excluding carboxylic acids is 4. The maximum Gasteiger partial charge on any atom is 0.243 e. The maximum absolute atomic E-state index is 13.9. The second kappa shape index (κ2) is 17.0. The van der Waals surface area contributed by atoms with Crippen LogP contribution in [-0.4, -0.2) is 67.9 Å². The third kappa shape index (κ3) is 10.7. The largest absolute Gasteiger partial charge is 0.390 e. The lowest BCUT2D eigenvalue weighted by Gasteiger charge is -2.29. The lowest BCUT2D eigenvalue weighted by molar-refractivity contribution is -0.132. The first-order valence-electron chi connectivity index (χ1n) is 16.1. The molecule has 2 aromatic heterocycles. The highest BCUT2D eigenvalue weighted by molar-refractivity contribution is 5.93. The van der Waals surface area contributed by atoms with Crippen molar-refractivity contribution in [1.29, 1.82) is 0 Å². The lowest BCUT2D eigenvalue weighted by Crippen LogP contribution is -2.57. The Bertz CT molecular complexity index is 1660. The first-order valence-corrected chi connectivity index (χ1v) is 15.7. The van der Waals surface area contributed by atoms with Gasteiger partial charge in [0.2, 0.25) is 23.6 Å². The molecule has 12 heteroatoms. The summed E-state index contributed by atoms with van der Waals surface area (Å²) in [7, 11) is 0. The van der Waals surface area contributed by atoms with Crippen LogP contribution in [0.25, 0.3) is 10.8 Å². The van der Waals surface area contributed by atoms with Gasteiger partial charge in [-0.1, -0.05) is 62.4 Å². The van der Waals surface area contributed by atoms with Crippen molar-refractivity contribution in [2.75, 3.05) is 0 Å². The third-order valence-corrected chi connectivity index (χ3v) is 7.65. The Morgan fingerprint density at radius 3 is 2.38 bits per heavy atom. The molecule has 2 aromatic carbocycles. The van der Waals surface area contributed by atoms with Gasteiger partial charge in [-0.05, 0) is 40.8 Å². The van der Waals surface area contributed by atoms with Crippen LogP contribution < -0.4 is 21.3 Å². The monoisotopic (exact) mass is 642 g/mol. The third-order valence-electron chi connectivity index (χ3n) is 7.65. The van der Waals surface area contributed by atoms with E-state index in [4.69, 9.17) is 1.41 Å². The van der Waals surface area contributed by atoms with Gasteiger partial charge in [-0.15, -0.1) is 0 Å². The molecule has 0 saturated heterocycles. The number of aliphatic hydroxyl groups is 1. The van der Waals surface area contributed by atoms with Crippen LogP contribution in [0.4, 0.5) is 0 Å². The standard InChI is InChI=1S/C35H43N7O5/c1-22(2)15-29(32(44)18-33(45)38-20-26-12-6-7-14-37-26)41-35(47)31(17-27-19-36-21-39-27)42-34(46)30(40-23(3)43)16-25-11-8-10-24-9-4-5-13-28(24)25/h4-14,19,21-22,29-32,44H,15-18,20H2,1-3H3,(H,36,39)(H,38,45)(H,40,43)(H,41,47)(H,42,46)/t29-,30-,31-,32-/m0/s1/i/hD. The molecule has 0 bridgehead atoms. The minimum Gasteiger partial charge on any atom is -0.390 e. The summed E-state index contributed by atoms with van der Waals surface area (Å²) in [5.74, 6) is -2.27. The minimum atomic E-state index is -1.25. The average Bonchev–Trinajstić information content (AvgIpc) is 3.58. The molecule has 0 aliphatic rings. The normalized spacial score (nSPS) is 14.0. The summed E-state index contributed by atoms with van der Waals surface area (Å²) < 4.78 is 8.45. The van der Waals surface area contributed by atoms with Crippen LogP contribution >= 0.6 is 0 Å². The molecular formula is C35H43N7O5. The zero-order chi connectivity index (χ0) is 34.6. The van der Waals surface area contributed by atoms with Gasteiger partial charge in [0.15, 0.2) is 1.41 Å². The number of fused-ring (bicyclic) bond motifs is 1. The van der Waals surface area contributed by atoms with Gasteiger partial charge in [0.1, 0.15) is 12.1 Å².